The molecule has 0 aromatic rings. The molecule has 0 aliphatic heterocycles. The van der Waals surface area contributed by atoms with Gasteiger partial charge in [0.1, 0.15) is 0 Å². The van der Waals surface area contributed by atoms with Gasteiger partial charge in [0.2, 0.25) is 0 Å². The Morgan fingerprint density at radius 3 is 1.25 bits per heavy atom. The summed E-state index contributed by atoms with van der Waals surface area (Å²) in [6.07, 6.45) is 7.52. The van der Waals surface area contributed by atoms with Gasteiger partial charge in [0.15, 0.2) is 0 Å². The van der Waals surface area contributed by atoms with Crippen molar-refractivity contribution in [1.29, 1.82) is 0 Å². The molecule has 6 heteroatoms. The van der Waals surface area contributed by atoms with E-state index in [1.165, 1.54) is 61.4 Å². The minimum Gasteiger partial charge on any atom is -0.382 e. The molecular weight excluding hydrogens is 417 g/mol. The van der Waals surface area contributed by atoms with E-state index < -0.39 is 17.6 Å². The summed E-state index contributed by atoms with van der Waals surface area (Å²) in [5.41, 5.74) is 1.23. The largest absolute Gasteiger partial charge is 0.382 e. The topological polar surface area (TPSA) is 18.5 Å². The Morgan fingerprint density at radius 1 is 0.607 bits per heavy atom. The van der Waals surface area contributed by atoms with E-state index in [1.54, 1.807) is 0 Å². The quantitative estimate of drug-likeness (QED) is 0.102. The number of hydrogen-bond acceptors (Lipinski definition) is 4. The van der Waals surface area contributed by atoms with E-state index in [0.717, 1.165) is 26.1 Å². The number of hydrogen-bond donors (Lipinski definition) is 0. The lowest BCUT2D eigenvalue weighted by molar-refractivity contribution is 0.0959. The number of rotatable bonds is 21. The molecule has 0 amide bonds. The second-order valence-corrected chi connectivity index (χ2v) is 18.4. The van der Waals surface area contributed by atoms with Crippen molar-refractivity contribution < 1.29 is 9.47 Å². The zero-order valence-electron chi connectivity index (χ0n) is 19.8. The van der Waals surface area contributed by atoms with Crippen molar-refractivity contribution in [3.8, 4) is 0 Å². The smallest absolute Gasteiger partial charge is 0.0711 e. The van der Waals surface area contributed by atoms with Crippen LogP contribution in [0, 0.1) is 0 Å². The summed E-state index contributed by atoms with van der Waals surface area (Å²) in [5.74, 6) is 2.56. The van der Waals surface area contributed by atoms with E-state index >= 15 is 0 Å². The second kappa shape index (κ2) is 21.3. The summed E-state index contributed by atoms with van der Waals surface area (Å²) in [4.78, 5) is 0. The van der Waals surface area contributed by atoms with Crippen molar-refractivity contribution in [2.45, 2.75) is 116 Å². The Morgan fingerprint density at radius 2 is 0.964 bits per heavy atom. The minimum atomic E-state index is -0.695. The molecule has 0 aliphatic rings. The molecule has 0 aliphatic carbocycles. The fourth-order valence-corrected chi connectivity index (χ4v) is 11.6. The first-order valence-electron chi connectivity index (χ1n) is 12.2. The molecule has 0 aromatic carbocycles. The Balaban J connectivity index is 3.95. The van der Waals surface area contributed by atoms with Crippen LogP contribution in [0.5, 0.6) is 0 Å². The lowest BCUT2D eigenvalue weighted by Gasteiger charge is -2.24. The van der Waals surface area contributed by atoms with Crippen molar-refractivity contribution >= 4 is 39.2 Å². The van der Waals surface area contributed by atoms with Gasteiger partial charge in [-0.05, 0) is 38.5 Å². The summed E-state index contributed by atoms with van der Waals surface area (Å²) >= 11 is 0. The van der Waals surface area contributed by atoms with E-state index in [9.17, 15) is 0 Å². The number of ether oxygens (including phenoxy) is 2. The van der Waals surface area contributed by atoms with Gasteiger partial charge < -0.3 is 9.47 Å². The standard InChI is InChI=1S/C22H50O2S2Si2/c1-7-17-23-21(27(9-3)10-4)15-13-19-25-26-20-14-16-22(24-18-8-2)28(11-5)12-6/h21-22,27-28H,7-20H2,1-6H3. The molecule has 0 rings (SSSR count). The maximum Gasteiger partial charge on any atom is 0.0711 e. The highest BCUT2D eigenvalue weighted by Crippen LogP contribution is 2.26. The fourth-order valence-electron chi connectivity index (χ4n) is 3.88. The van der Waals surface area contributed by atoms with Gasteiger partial charge in [0.05, 0.1) is 17.6 Å². The zero-order valence-corrected chi connectivity index (χ0v) is 23.8. The van der Waals surface area contributed by atoms with Gasteiger partial charge in [0, 0.05) is 36.2 Å². The highest BCUT2D eigenvalue weighted by Gasteiger charge is 2.21. The van der Waals surface area contributed by atoms with Crippen LogP contribution in [0.4, 0.5) is 0 Å². The molecule has 0 saturated carbocycles. The van der Waals surface area contributed by atoms with Gasteiger partial charge >= 0.3 is 0 Å². The summed E-state index contributed by atoms with van der Waals surface area (Å²) in [6, 6.07) is 5.53. The Hall–Kier alpha value is 1.05. The predicted octanol–water partition coefficient (Wildman–Crippen LogP) is 7.13. The molecule has 0 heterocycles. The van der Waals surface area contributed by atoms with Crippen molar-refractivity contribution in [1.82, 2.24) is 0 Å². The average molecular weight is 467 g/mol. The lowest BCUT2D eigenvalue weighted by atomic mass is 10.3. The molecule has 0 bridgehead atoms. The van der Waals surface area contributed by atoms with E-state index in [2.05, 4.69) is 63.1 Å². The molecule has 2 nitrogen and oxygen atoms in total. The second-order valence-electron chi connectivity index (χ2n) is 7.90. The lowest BCUT2D eigenvalue weighted by Crippen LogP contribution is -2.32. The maximum atomic E-state index is 6.22. The predicted molar refractivity (Wildman–Crippen MR) is 140 cm³/mol. The average Bonchev–Trinajstić information content (AvgIpc) is 2.72. The van der Waals surface area contributed by atoms with Gasteiger partial charge in [-0.1, -0.05) is 87.3 Å². The zero-order chi connectivity index (χ0) is 21.0. The van der Waals surface area contributed by atoms with Crippen molar-refractivity contribution in [2.75, 3.05) is 24.7 Å². The minimum absolute atomic E-state index is 0.613. The van der Waals surface area contributed by atoms with Crippen LogP contribution in [0.25, 0.3) is 0 Å². The fraction of sp³-hybridized carbons (Fsp3) is 1.00. The van der Waals surface area contributed by atoms with Crippen LogP contribution in [-0.2, 0) is 9.47 Å². The van der Waals surface area contributed by atoms with E-state index in [1.807, 2.05) is 0 Å². The molecule has 2 atom stereocenters. The first-order valence-corrected chi connectivity index (χ1v) is 19.2. The Labute approximate surface area is 188 Å². The molecule has 0 saturated heterocycles. The van der Waals surface area contributed by atoms with Crippen LogP contribution >= 0.6 is 21.6 Å². The summed E-state index contributed by atoms with van der Waals surface area (Å²) in [6.45, 7) is 15.8. The molecular formula is C22H50O2S2Si2. The molecule has 0 N–H and O–H groups in total. The highest BCUT2D eigenvalue weighted by atomic mass is 33.1. The van der Waals surface area contributed by atoms with Crippen molar-refractivity contribution in [3.63, 3.8) is 0 Å². The highest BCUT2D eigenvalue weighted by molar-refractivity contribution is 8.76. The van der Waals surface area contributed by atoms with Crippen LogP contribution in [0.1, 0.15) is 80.1 Å². The van der Waals surface area contributed by atoms with Gasteiger partial charge in [-0.3, -0.25) is 0 Å². The summed E-state index contributed by atoms with van der Waals surface area (Å²) < 4.78 is 12.4. The third kappa shape index (κ3) is 14.1. The third-order valence-electron chi connectivity index (χ3n) is 5.74. The Kier molecular flexibility index (Phi) is 22.1. The van der Waals surface area contributed by atoms with Gasteiger partial charge in [-0.2, -0.15) is 0 Å². The van der Waals surface area contributed by atoms with Crippen molar-refractivity contribution in [3.05, 3.63) is 0 Å². The maximum absolute atomic E-state index is 6.22. The van der Waals surface area contributed by atoms with Gasteiger partial charge in [-0.25, -0.2) is 0 Å². The van der Waals surface area contributed by atoms with E-state index in [4.69, 9.17) is 9.47 Å². The third-order valence-corrected chi connectivity index (χ3v) is 15.7. The van der Waals surface area contributed by atoms with E-state index in [0.29, 0.717) is 11.5 Å². The normalized spacial score (nSPS) is 14.1. The monoisotopic (exact) mass is 466 g/mol. The molecule has 28 heavy (non-hydrogen) atoms. The molecule has 0 spiro atoms. The van der Waals surface area contributed by atoms with Crippen molar-refractivity contribution in [2.24, 2.45) is 0 Å². The first kappa shape index (κ1) is 29.1. The summed E-state index contributed by atoms with van der Waals surface area (Å²) in [7, 11) is 2.78. The van der Waals surface area contributed by atoms with E-state index in [-0.39, 0.29) is 0 Å². The molecule has 2 unspecified atom stereocenters. The van der Waals surface area contributed by atoms with Crippen LogP contribution < -0.4 is 0 Å². The van der Waals surface area contributed by atoms with Crippen LogP contribution in [-0.4, -0.2) is 53.8 Å². The molecule has 170 valence electrons. The van der Waals surface area contributed by atoms with Gasteiger partial charge in [0.25, 0.3) is 0 Å². The summed E-state index contributed by atoms with van der Waals surface area (Å²) in [5, 5.41) is 0. The first-order chi connectivity index (χ1) is 13.7. The van der Waals surface area contributed by atoms with Crippen LogP contribution in [0.2, 0.25) is 24.2 Å². The van der Waals surface area contributed by atoms with Crippen LogP contribution in [0.15, 0.2) is 0 Å². The van der Waals surface area contributed by atoms with Gasteiger partial charge in [-0.15, -0.1) is 0 Å². The molecule has 0 aromatic heterocycles. The SMILES string of the molecule is CCCOC(CCCSSCCCC(OCCC)[SiH](CC)CC)[SiH](CC)CC. The Bertz CT molecular complexity index is 287. The molecule has 0 fully saturated rings. The molecule has 0 radical (unpaired) electrons. The van der Waals surface area contributed by atoms with Crippen LogP contribution in [0.3, 0.4) is 0 Å².